The van der Waals surface area contributed by atoms with Crippen LogP contribution in [0.25, 0.3) is 11.0 Å². The molecule has 8 heteroatoms. The van der Waals surface area contributed by atoms with Gasteiger partial charge >= 0.3 is 11.6 Å². The Hall–Kier alpha value is -2.97. The first kappa shape index (κ1) is 22.7. The Balaban J connectivity index is 1.65. The number of nitrogens with one attached hydrogen (secondary N) is 2. The molecular formula is C23H24BrN2O5+. The SMILES string of the molecule is CC[NH+](CC)CCOC(=O)c1ccc(NC(=O)c2cc3cc(Br)ccc3oc2=O)cc1. The fourth-order valence-corrected chi connectivity index (χ4v) is 3.49. The first-order chi connectivity index (χ1) is 14.9. The smallest absolute Gasteiger partial charge is 0.349 e. The summed E-state index contributed by atoms with van der Waals surface area (Å²) in [6.45, 7) is 7.26. The summed E-state index contributed by atoms with van der Waals surface area (Å²) in [6, 6.07) is 13.0. The van der Waals surface area contributed by atoms with Crippen LogP contribution in [-0.2, 0) is 4.74 Å². The van der Waals surface area contributed by atoms with E-state index in [1.54, 1.807) is 42.5 Å². The van der Waals surface area contributed by atoms with Crippen molar-refractivity contribution in [2.45, 2.75) is 13.8 Å². The van der Waals surface area contributed by atoms with E-state index in [-0.39, 0.29) is 5.56 Å². The summed E-state index contributed by atoms with van der Waals surface area (Å²) in [6.07, 6.45) is 0. The van der Waals surface area contributed by atoms with Gasteiger partial charge in [0.15, 0.2) is 0 Å². The van der Waals surface area contributed by atoms with E-state index in [4.69, 9.17) is 9.15 Å². The van der Waals surface area contributed by atoms with Crippen LogP contribution in [0.5, 0.6) is 0 Å². The van der Waals surface area contributed by atoms with Crippen LogP contribution in [0.3, 0.4) is 0 Å². The molecule has 0 aliphatic rings. The van der Waals surface area contributed by atoms with Crippen molar-refractivity contribution in [2.24, 2.45) is 0 Å². The zero-order valence-electron chi connectivity index (χ0n) is 17.4. The first-order valence-electron chi connectivity index (χ1n) is 10.1. The van der Waals surface area contributed by atoms with Gasteiger partial charge in [0.05, 0.1) is 18.7 Å². The van der Waals surface area contributed by atoms with Crippen LogP contribution in [0.1, 0.15) is 34.6 Å². The van der Waals surface area contributed by atoms with Crippen molar-refractivity contribution < 1.29 is 23.6 Å². The van der Waals surface area contributed by atoms with Gasteiger partial charge in [0.2, 0.25) is 0 Å². The van der Waals surface area contributed by atoms with Crippen LogP contribution in [0.2, 0.25) is 0 Å². The number of ether oxygens (including phenoxy) is 1. The molecule has 0 spiro atoms. The molecule has 31 heavy (non-hydrogen) atoms. The molecule has 0 aliphatic heterocycles. The van der Waals surface area contributed by atoms with Gasteiger partial charge in [-0.1, -0.05) is 15.9 Å². The first-order valence-corrected chi connectivity index (χ1v) is 10.9. The minimum Gasteiger partial charge on any atom is -0.456 e. The van der Waals surface area contributed by atoms with Crippen LogP contribution >= 0.6 is 15.9 Å². The third kappa shape index (κ3) is 5.80. The quantitative estimate of drug-likeness (QED) is 0.376. The number of benzene rings is 2. The van der Waals surface area contributed by atoms with E-state index >= 15 is 0 Å². The van der Waals surface area contributed by atoms with Crippen LogP contribution in [0.15, 0.2) is 62.2 Å². The second kappa shape index (κ2) is 10.4. The number of rotatable bonds is 8. The highest BCUT2D eigenvalue weighted by Crippen LogP contribution is 2.20. The number of anilines is 1. The molecule has 7 nitrogen and oxygen atoms in total. The molecule has 1 heterocycles. The van der Waals surface area contributed by atoms with Gasteiger partial charge in [-0.2, -0.15) is 0 Å². The molecule has 0 saturated heterocycles. The summed E-state index contributed by atoms with van der Waals surface area (Å²) in [5.74, 6) is -1.00. The fourth-order valence-electron chi connectivity index (χ4n) is 3.12. The third-order valence-corrected chi connectivity index (χ3v) is 5.50. The van der Waals surface area contributed by atoms with E-state index in [1.807, 2.05) is 0 Å². The molecule has 2 N–H and O–H groups in total. The number of carbonyl (C=O) groups excluding carboxylic acids is 2. The maximum Gasteiger partial charge on any atom is 0.349 e. The minimum absolute atomic E-state index is 0.104. The summed E-state index contributed by atoms with van der Waals surface area (Å²) >= 11 is 3.36. The van der Waals surface area contributed by atoms with Crippen molar-refractivity contribution in [1.29, 1.82) is 0 Å². The standard InChI is InChI=1S/C23H23BrN2O5/c1-3-26(4-2)11-12-30-22(28)15-5-8-18(9-6-15)25-21(27)19-14-16-13-17(24)7-10-20(16)31-23(19)29/h5-10,13-14H,3-4,11-12H2,1-2H3,(H,25,27)/p+1. The van der Waals surface area contributed by atoms with Gasteiger partial charge in [0.25, 0.3) is 5.91 Å². The highest BCUT2D eigenvalue weighted by Gasteiger charge is 2.15. The molecule has 1 aromatic heterocycles. The fraction of sp³-hybridized carbons (Fsp3) is 0.261. The lowest BCUT2D eigenvalue weighted by Gasteiger charge is -2.15. The van der Waals surface area contributed by atoms with Crippen molar-refractivity contribution in [3.63, 3.8) is 0 Å². The number of halogens is 1. The molecule has 0 unspecified atom stereocenters. The molecule has 2 aromatic carbocycles. The Kier molecular flexibility index (Phi) is 7.59. The lowest BCUT2D eigenvalue weighted by molar-refractivity contribution is -0.896. The normalized spacial score (nSPS) is 11.0. The van der Waals surface area contributed by atoms with E-state index in [9.17, 15) is 14.4 Å². The Morgan fingerprint density at radius 3 is 2.45 bits per heavy atom. The van der Waals surface area contributed by atoms with Gasteiger partial charge in [0.1, 0.15) is 24.3 Å². The summed E-state index contributed by atoms with van der Waals surface area (Å²) in [5.41, 5.74) is 0.413. The third-order valence-electron chi connectivity index (χ3n) is 5.01. The monoisotopic (exact) mass is 487 g/mol. The molecule has 3 aromatic rings. The highest BCUT2D eigenvalue weighted by molar-refractivity contribution is 9.10. The minimum atomic E-state index is -0.720. The number of quaternary nitrogens is 1. The number of esters is 1. The van der Waals surface area contributed by atoms with Gasteiger partial charge < -0.3 is 19.4 Å². The predicted octanol–water partition coefficient (Wildman–Crippen LogP) is 2.89. The number of hydrogen-bond acceptors (Lipinski definition) is 5. The van der Waals surface area contributed by atoms with E-state index in [2.05, 4.69) is 35.1 Å². The second-order valence-corrected chi connectivity index (χ2v) is 7.92. The molecule has 0 radical (unpaired) electrons. The topological polar surface area (TPSA) is 90.1 Å². The number of hydrogen-bond donors (Lipinski definition) is 2. The van der Waals surface area contributed by atoms with E-state index in [0.717, 1.165) is 24.1 Å². The second-order valence-electron chi connectivity index (χ2n) is 7.00. The van der Waals surface area contributed by atoms with Crippen molar-refractivity contribution >= 4 is 44.5 Å². The van der Waals surface area contributed by atoms with Crippen LogP contribution in [0, 0.1) is 0 Å². The molecule has 3 rings (SSSR count). The Labute approximate surface area is 188 Å². The number of fused-ring (bicyclic) bond motifs is 1. The molecule has 0 bridgehead atoms. The molecule has 162 valence electrons. The number of likely N-dealkylation sites (N-methyl/N-ethyl adjacent to an activating group) is 1. The zero-order valence-corrected chi connectivity index (χ0v) is 19.0. The highest BCUT2D eigenvalue weighted by atomic mass is 79.9. The average molecular weight is 488 g/mol. The van der Waals surface area contributed by atoms with Crippen molar-refractivity contribution in [3.8, 4) is 0 Å². The Morgan fingerprint density at radius 1 is 1.06 bits per heavy atom. The molecule has 1 amide bonds. The van der Waals surface area contributed by atoms with Crippen LogP contribution in [0.4, 0.5) is 5.69 Å². The summed E-state index contributed by atoms with van der Waals surface area (Å²) < 4.78 is 11.3. The summed E-state index contributed by atoms with van der Waals surface area (Å²) in [4.78, 5) is 38.3. The van der Waals surface area contributed by atoms with Gasteiger partial charge in [-0.05, 0) is 62.4 Å². The molecule has 0 saturated carbocycles. The largest absolute Gasteiger partial charge is 0.456 e. The van der Waals surface area contributed by atoms with Gasteiger partial charge in [-0.15, -0.1) is 0 Å². The lowest BCUT2D eigenvalue weighted by atomic mass is 10.1. The molecule has 0 atom stereocenters. The summed E-state index contributed by atoms with van der Waals surface area (Å²) in [5, 5.41) is 3.28. The molecular weight excluding hydrogens is 464 g/mol. The van der Waals surface area contributed by atoms with Crippen molar-refractivity contribution in [2.75, 3.05) is 31.6 Å². The lowest BCUT2D eigenvalue weighted by Crippen LogP contribution is -3.11. The maximum absolute atomic E-state index is 12.6. The van der Waals surface area contributed by atoms with E-state index in [0.29, 0.717) is 28.8 Å². The van der Waals surface area contributed by atoms with Crippen molar-refractivity contribution in [1.82, 2.24) is 0 Å². The van der Waals surface area contributed by atoms with Crippen LogP contribution in [-0.4, -0.2) is 38.1 Å². The molecule has 0 fully saturated rings. The van der Waals surface area contributed by atoms with Crippen LogP contribution < -0.4 is 15.8 Å². The number of amides is 1. The maximum atomic E-state index is 12.6. The predicted molar refractivity (Wildman–Crippen MR) is 122 cm³/mol. The van der Waals surface area contributed by atoms with E-state index < -0.39 is 17.5 Å². The van der Waals surface area contributed by atoms with Gasteiger partial charge in [-0.25, -0.2) is 9.59 Å². The van der Waals surface area contributed by atoms with Gasteiger partial charge in [0, 0.05) is 15.5 Å². The zero-order chi connectivity index (χ0) is 22.4. The van der Waals surface area contributed by atoms with Crippen molar-refractivity contribution in [3.05, 3.63) is 74.6 Å². The Morgan fingerprint density at radius 2 is 1.77 bits per heavy atom. The van der Waals surface area contributed by atoms with Gasteiger partial charge in [-0.3, -0.25) is 4.79 Å². The summed E-state index contributed by atoms with van der Waals surface area (Å²) in [7, 11) is 0. The Bertz CT molecular complexity index is 1140. The number of carbonyl (C=O) groups is 2. The average Bonchev–Trinajstić information content (AvgIpc) is 2.77. The van der Waals surface area contributed by atoms with E-state index in [1.165, 1.54) is 11.0 Å². The molecule has 0 aliphatic carbocycles.